The Morgan fingerprint density at radius 3 is 2.35 bits per heavy atom. The highest BCUT2D eigenvalue weighted by Crippen LogP contribution is 2.16. The first-order valence-electron chi connectivity index (χ1n) is 7.88. The minimum absolute atomic E-state index is 0.159. The molecule has 114 valence electrons. The number of amides is 3. The Hall–Kier alpha value is -1.14. The van der Waals surface area contributed by atoms with Gasteiger partial charge in [0, 0.05) is 6.04 Å². The molecule has 6 heteroatoms. The number of nitrogens with one attached hydrogen (secondary N) is 4. The molecule has 0 aromatic rings. The molecule has 20 heavy (non-hydrogen) atoms. The third kappa shape index (κ3) is 5.09. The lowest BCUT2D eigenvalue weighted by atomic mass is 9.96. The van der Waals surface area contributed by atoms with Crippen LogP contribution in [0.4, 0.5) is 4.79 Å². The normalized spacial score (nSPS) is 27.9. The van der Waals surface area contributed by atoms with Gasteiger partial charge in [-0.15, -0.1) is 0 Å². The Morgan fingerprint density at radius 2 is 1.70 bits per heavy atom. The highest BCUT2D eigenvalue weighted by atomic mass is 16.2. The van der Waals surface area contributed by atoms with Crippen molar-refractivity contribution >= 4 is 11.9 Å². The topological polar surface area (TPSA) is 67.1 Å². The molecule has 1 aliphatic heterocycles. The van der Waals surface area contributed by atoms with Gasteiger partial charge in [-0.3, -0.25) is 10.1 Å². The number of piperazine rings is 1. The van der Waals surface area contributed by atoms with Crippen molar-refractivity contribution in [1.82, 2.24) is 10.6 Å². The van der Waals surface area contributed by atoms with Crippen molar-refractivity contribution in [2.24, 2.45) is 0 Å². The lowest BCUT2D eigenvalue weighted by Gasteiger charge is -2.27. The number of urea groups is 1. The van der Waals surface area contributed by atoms with Crippen LogP contribution in [0.15, 0.2) is 0 Å². The lowest BCUT2D eigenvalue weighted by Crippen LogP contribution is -3.27. The van der Waals surface area contributed by atoms with E-state index in [1.807, 2.05) is 0 Å². The van der Waals surface area contributed by atoms with Gasteiger partial charge in [0.2, 0.25) is 0 Å². The van der Waals surface area contributed by atoms with Crippen molar-refractivity contribution in [3.8, 4) is 0 Å². The lowest BCUT2D eigenvalue weighted by molar-refractivity contribution is -1.000. The van der Waals surface area contributed by atoms with E-state index in [1.165, 1.54) is 29.1 Å². The number of carbonyl (C=O) groups excluding carboxylic acids is 2. The molecular weight excluding hydrogens is 256 g/mol. The first kappa shape index (κ1) is 15.3. The van der Waals surface area contributed by atoms with Gasteiger partial charge in [-0.25, -0.2) is 4.79 Å². The van der Waals surface area contributed by atoms with Gasteiger partial charge in [0.1, 0.15) is 26.2 Å². The van der Waals surface area contributed by atoms with Crippen LogP contribution in [0.1, 0.15) is 32.1 Å². The second-order valence-electron chi connectivity index (χ2n) is 6.24. The van der Waals surface area contributed by atoms with Crippen LogP contribution >= 0.6 is 0 Å². The van der Waals surface area contributed by atoms with Crippen molar-refractivity contribution in [3.63, 3.8) is 0 Å². The summed E-state index contributed by atoms with van der Waals surface area (Å²) in [5.41, 5.74) is 0. The number of hydrogen-bond acceptors (Lipinski definition) is 2. The van der Waals surface area contributed by atoms with Crippen LogP contribution < -0.4 is 20.4 Å². The van der Waals surface area contributed by atoms with Gasteiger partial charge in [-0.2, -0.15) is 0 Å². The molecule has 2 fully saturated rings. The van der Waals surface area contributed by atoms with Crippen molar-refractivity contribution in [2.45, 2.75) is 38.1 Å². The number of quaternary nitrogens is 2. The molecule has 0 bridgehead atoms. The first-order valence-corrected chi connectivity index (χ1v) is 7.88. The minimum Gasteiger partial charge on any atom is -0.335 e. The molecule has 2 rings (SSSR count). The van der Waals surface area contributed by atoms with Crippen molar-refractivity contribution < 1.29 is 19.4 Å². The maximum Gasteiger partial charge on any atom is 0.321 e. The van der Waals surface area contributed by atoms with Gasteiger partial charge < -0.3 is 15.1 Å². The molecule has 0 atom stereocenters. The average molecular weight is 284 g/mol. The summed E-state index contributed by atoms with van der Waals surface area (Å²) in [6, 6.07) is -0.0721. The summed E-state index contributed by atoms with van der Waals surface area (Å²) in [6.07, 6.45) is 5.68. The molecular formula is C14H28N4O2+2. The monoisotopic (exact) mass is 284 g/mol. The molecule has 3 amide bonds. The third-order valence-corrected chi connectivity index (χ3v) is 4.41. The first-order chi connectivity index (χ1) is 9.63. The maximum absolute atomic E-state index is 11.8. The van der Waals surface area contributed by atoms with Crippen molar-refractivity contribution in [2.75, 3.05) is 39.8 Å². The summed E-state index contributed by atoms with van der Waals surface area (Å²) in [5, 5.41) is 5.38. The fraction of sp³-hybridized carbons (Fsp3) is 0.857. The molecule has 0 aromatic carbocycles. The van der Waals surface area contributed by atoms with E-state index in [1.54, 1.807) is 0 Å². The summed E-state index contributed by atoms with van der Waals surface area (Å²) >= 11 is 0. The molecule has 0 unspecified atom stereocenters. The van der Waals surface area contributed by atoms with Gasteiger partial charge in [-0.05, 0) is 12.8 Å². The molecule has 0 spiro atoms. The zero-order valence-corrected chi connectivity index (χ0v) is 12.5. The predicted molar refractivity (Wildman–Crippen MR) is 75.7 cm³/mol. The van der Waals surface area contributed by atoms with Crippen LogP contribution in [0.25, 0.3) is 0 Å². The molecule has 1 aliphatic carbocycles. The second-order valence-corrected chi connectivity index (χ2v) is 6.24. The van der Waals surface area contributed by atoms with Crippen LogP contribution in [-0.4, -0.2) is 57.8 Å². The summed E-state index contributed by atoms with van der Waals surface area (Å²) in [7, 11) is 2.18. The molecule has 4 N–H and O–H groups in total. The molecule has 1 saturated heterocycles. The third-order valence-electron chi connectivity index (χ3n) is 4.41. The van der Waals surface area contributed by atoms with E-state index in [2.05, 4.69) is 17.7 Å². The van der Waals surface area contributed by atoms with Gasteiger partial charge in [0.15, 0.2) is 6.54 Å². The maximum atomic E-state index is 11.8. The Kier molecular flexibility index (Phi) is 5.79. The Bertz CT molecular complexity index is 334. The van der Waals surface area contributed by atoms with Crippen molar-refractivity contribution in [3.05, 3.63) is 0 Å². The van der Waals surface area contributed by atoms with E-state index in [-0.39, 0.29) is 18.0 Å². The van der Waals surface area contributed by atoms with E-state index in [4.69, 9.17) is 0 Å². The zero-order valence-electron chi connectivity index (χ0n) is 12.5. The SMILES string of the molecule is C[NH+]1CC[NH+](CC(=O)NC(=O)NC2CCCCC2)CC1. The fourth-order valence-electron chi connectivity index (χ4n) is 3.07. The molecule has 1 heterocycles. The van der Waals surface area contributed by atoms with Crippen LogP contribution in [-0.2, 0) is 4.79 Å². The standard InChI is InChI=1S/C14H26N4O2/c1-17-7-9-18(10-8-17)11-13(19)16-14(20)15-12-5-3-2-4-6-12/h12H,2-11H2,1H3,(H2,15,16,19,20)/p+2. The molecule has 0 aromatic heterocycles. The summed E-state index contributed by atoms with van der Waals surface area (Å²) < 4.78 is 0. The number of hydrogen-bond donors (Lipinski definition) is 4. The highest BCUT2D eigenvalue weighted by Gasteiger charge is 2.23. The van der Waals surface area contributed by atoms with E-state index < -0.39 is 0 Å². The van der Waals surface area contributed by atoms with Crippen molar-refractivity contribution in [1.29, 1.82) is 0 Å². The summed E-state index contributed by atoms with van der Waals surface area (Å²) in [5.74, 6) is -0.159. The summed E-state index contributed by atoms with van der Waals surface area (Å²) in [4.78, 5) is 26.4. The molecule has 6 nitrogen and oxygen atoms in total. The van der Waals surface area contributed by atoms with Gasteiger partial charge in [0.05, 0.1) is 7.05 Å². The summed E-state index contributed by atoms with van der Waals surface area (Å²) in [6.45, 7) is 4.60. The smallest absolute Gasteiger partial charge is 0.321 e. The fourth-order valence-corrected chi connectivity index (χ4v) is 3.07. The van der Waals surface area contributed by atoms with Gasteiger partial charge >= 0.3 is 6.03 Å². The largest absolute Gasteiger partial charge is 0.335 e. The molecule has 2 aliphatic rings. The van der Waals surface area contributed by atoms with E-state index in [0.717, 1.165) is 39.0 Å². The Balaban J connectivity index is 1.64. The van der Waals surface area contributed by atoms with E-state index in [9.17, 15) is 9.59 Å². The Morgan fingerprint density at radius 1 is 1.05 bits per heavy atom. The van der Waals surface area contributed by atoms with Gasteiger partial charge in [0.25, 0.3) is 5.91 Å². The van der Waals surface area contributed by atoms with Crippen LogP contribution in [0.2, 0.25) is 0 Å². The predicted octanol–water partition coefficient (Wildman–Crippen LogP) is -2.44. The number of rotatable bonds is 3. The van der Waals surface area contributed by atoms with Crippen LogP contribution in [0.5, 0.6) is 0 Å². The van der Waals surface area contributed by atoms with E-state index >= 15 is 0 Å². The zero-order chi connectivity index (χ0) is 14.4. The number of likely N-dealkylation sites (N-methyl/N-ethyl adjacent to an activating group) is 1. The Labute approximate surface area is 120 Å². The van der Waals surface area contributed by atoms with Crippen LogP contribution in [0.3, 0.4) is 0 Å². The number of carbonyl (C=O) groups is 2. The minimum atomic E-state index is -0.318. The van der Waals surface area contributed by atoms with E-state index in [0.29, 0.717) is 6.54 Å². The quantitative estimate of drug-likeness (QED) is 0.465. The second kappa shape index (κ2) is 7.59. The van der Waals surface area contributed by atoms with Crippen LogP contribution in [0, 0.1) is 0 Å². The molecule has 1 saturated carbocycles. The highest BCUT2D eigenvalue weighted by molar-refractivity contribution is 5.94. The van der Waals surface area contributed by atoms with Gasteiger partial charge in [-0.1, -0.05) is 19.3 Å². The number of imide groups is 1. The average Bonchev–Trinajstić information content (AvgIpc) is 2.42. The molecule has 0 radical (unpaired) electrons.